The quantitative estimate of drug-likeness (QED) is 0.723. The Morgan fingerprint density at radius 1 is 1.16 bits per heavy atom. The minimum Gasteiger partial charge on any atom is -0.376 e. The van der Waals surface area contributed by atoms with Crippen LogP contribution in [-0.2, 0) is 11.2 Å². The second-order valence-corrected chi connectivity index (χ2v) is 6.31. The van der Waals surface area contributed by atoms with E-state index in [1.165, 1.54) is 5.56 Å². The van der Waals surface area contributed by atoms with Crippen molar-refractivity contribution in [2.24, 2.45) is 5.92 Å². The monoisotopic (exact) mass is 263 g/mol. The molecule has 0 saturated heterocycles. The second kappa shape index (κ2) is 8.34. The molecule has 2 nitrogen and oxygen atoms in total. The molecule has 0 spiro atoms. The van der Waals surface area contributed by atoms with Gasteiger partial charge in [0.1, 0.15) is 0 Å². The molecule has 0 saturated carbocycles. The van der Waals surface area contributed by atoms with Crippen molar-refractivity contribution < 1.29 is 4.74 Å². The number of nitrogens with one attached hydrogen (secondary N) is 1. The van der Waals surface area contributed by atoms with Crippen molar-refractivity contribution in [3.8, 4) is 0 Å². The second-order valence-electron chi connectivity index (χ2n) is 6.31. The van der Waals surface area contributed by atoms with Crippen molar-refractivity contribution >= 4 is 0 Å². The van der Waals surface area contributed by atoms with Gasteiger partial charge >= 0.3 is 0 Å². The van der Waals surface area contributed by atoms with Crippen molar-refractivity contribution in [1.29, 1.82) is 0 Å². The van der Waals surface area contributed by atoms with E-state index in [0.29, 0.717) is 5.92 Å². The van der Waals surface area contributed by atoms with Crippen molar-refractivity contribution in [2.45, 2.75) is 46.1 Å². The first kappa shape index (κ1) is 16.2. The van der Waals surface area contributed by atoms with Gasteiger partial charge in [0.25, 0.3) is 0 Å². The van der Waals surface area contributed by atoms with Gasteiger partial charge < -0.3 is 10.1 Å². The van der Waals surface area contributed by atoms with E-state index in [1.807, 2.05) is 0 Å². The lowest BCUT2D eigenvalue weighted by atomic mass is 10.0. The lowest BCUT2D eigenvalue weighted by Gasteiger charge is -2.19. The van der Waals surface area contributed by atoms with Gasteiger partial charge in [-0.1, -0.05) is 37.3 Å². The first-order valence-corrected chi connectivity index (χ1v) is 7.36. The molecular formula is C17H29NO. The number of benzene rings is 1. The van der Waals surface area contributed by atoms with E-state index in [4.69, 9.17) is 4.74 Å². The summed E-state index contributed by atoms with van der Waals surface area (Å²) >= 11 is 0. The maximum Gasteiger partial charge on any atom is 0.0598 e. The molecule has 0 fully saturated rings. The zero-order valence-corrected chi connectivity index (χ0v) is 12.9. The molecule has 0 heterocycles. The Morgan fingerprint density at radius 3 is 2.47 bits per heavy atom. The number of hydrogen-bond acceptors (Lipinski definition) is 2. The first-order valence-electron chi connectivity index (χ1n) is 7.36. The predicted octanol–water partition coefficient (Wildman–Crippen LogP) is 3.66. The van der Waals surface area contributed by atoms with Crippen molar-refractivity contribution in [3.63, 3.8) is 0 Å². The summed E-state index contributed by atoms with van der Waals surface area (Å²) in [6.45, 7) is 11.5. The molecule has 1 rings (SSSR count). The van der Waals surface area contributed by atoms with E-state index in [0.717, 1.165) is 32.5 Å². The molecule has 1 atom stereocenters. The van der Waals surface area contributed by atoms with Crippen molar-refractivity contribution in [1.82, 2.24) is 5.32 Å². The van der Waals surface area contributed by atoms with Crippen LogP contribution in [0.3, 0.4) is 0 Å². The Kier molecular flexibility index (Phi) is 7.11. The van der Waals surface area contributed by atoms with Crippen LogP contribution in [0.2, 0.25) is 0 Å². The van der Waals surface area contributed by atoms with Crippen LogP contribution >= 0.6 is 0 Å². The van der Waals surface area contributed by atoms with Gasteiger partial charge in [0.05, 0.1) is 5.60 Å². The van der Waals surface area contributed by atoms with Gasteiger partial charge in [-0.15, -0.1) is 0 Å². The highest BCUT2D eigenvalue weighted by atomic mass is 16.5. The van der Waals surface area contributed by atoms with E-state index in [2.05, 4.69) is 63.3 Å². The summed E-state index contributed by atoms with van der Waals surface area (Å²) in [5.74, 6) is 0.672. The lowest BCUT2D eigenvalue weighted by molar-refractivity contribution is -0.00381. The smallest absolute Gasteiger partial charge is 0.0598 e. The molecule has 2 heteroatoms. The molecule has 108 valence electrons. The fraction of sp³-hybridized carbons (Fsp3) is 0.647. The maximum absolute atomic E-state index is 5.69. The zero-order valence-electron chi connectivity index (χ0n) is 12.9. The Labute approximate surface area is 118 Å². The molecule has 0 aliphatic carbocycles. The molecule has 19 heavy (non-hydrogen) atoms. The lowest BCUT2D eigenvalue weighted by Crippen LogP contribution is -2.26. The van der Waals surface area contributed by atoms with Gasteiger partial charge in [0, 0.05) is 6.61 Å². The van der Waals surface area contributed by atoms with Crippen molar-refractivity contribution in [3.05, 3.63) is 35.9 Å². The standard InChI is InChI=1S/C17H29NO/c1-15(13-16-9-6-5-7-10-16)14-18-11-8-12-19-17(2,3)4/h5-7,9-10,15,18H,8,11-14H2,1-4H3. The van der Waals surface area contributed by atoms with Gasteiger partial charge in [-0.05, 0) is 58.2 Å². The van der Waals surface area contributed by atoms with Gasteiger partial charge in [-0.2, -0.15) is 0 Å². The van der Waals surface area contributed by atoms with Crippen LogP contribution in [0.1, 0.15) is 39.7 Å². The van der Waals surface area contributed by atoms with Crippen LogP contribution in [0.25, 0.3) is 0 Å². The normalized spacial score (nSPS) is 13.5. The Hall–Kier alpha value is -0.860. The number of ether oxygens (including phenoxy) is 1. The number of rotatable bonds is 8. The fourth-order valence-electron chi connectivity index (χ4n) is 2.01. The summed E-state index contributed by atoms with van der Waals surface area (Å²) in [6.07, 6.45) is 2.22. The minimum absolute atomic E-state index is 0.0133. The zero-order chi connectivity index (χ0) is 14.1. The Bertz CT molecular complexity index is 329. The van der Waals surface area contributed by atoms with Gasteiger partial charge in [0.15, 0.2) is 0 Å². The summed E-state index contributed by atoms with van der Waals surface area (Å²) < 4.78 is 5.69. The third-order valence-electron chi connectivity index (χ3n) is 2.95. The minimum atomic E-state index is -0.0133. The summed E-state index contributed by atoms with van der Waals surface area (Å²) in [5, 5.41) is 3.51. The van der Waals surface area contributed by atoms with Crippen LogP contribution in [0.5, 0.6) is 0 Å². The van der Waals surface area contributed by atoms with Gasteiger partial charge in [-0.25, -0.2) is 0 Å². The molecule has 0 aromatic heterocycles. The molecular weight excluding hydrogens is 234 g/mol. The highest BCUT2D eigenvalue weighted by Crippen LogP contribution is 2.08. The molecule has 1 N–H and O–H groups in total. The molecule has 1 aromatic carbocycles. The summed E-state index contributed by atoms with van der Waals surface area (Å²) in [4.78, 5) is 0. The largest absolute Gasteiger partial charge is 0.376 e. The highest BCUT2D eigenvalue weighted by molar-refractivity contribution is 5.15. The fourth-order valence-corrected chi connectivity index (χ4v) is 2.01. The Morgan fingerprint density at radius 2 is 1.84 bits per heavy atom. The third kappa shape index (κ3) is 8.79. The van der Waals surface area contributed by atoms with Crippen LogP contribution in [-0.4, -0.2) is 25.3 Å². The number of hydrogen-bond donors (Lipinski definition) is 1. The first-order chi connectivity index (χ1) is 8.97. The highest BCUT2D eigenvalue weighted by Gasteiger charge is 2.08. The van der Waals surface area contributed by atoms with Gasteiger partial charge in [0.2, 0.25) is 0 Å². The summed E-state index contributed by atoms with van der Waals surface area (Å²) in [5.41, 5.74) is 1.41. The molecule has 1 unspecified atom stereocenters. The van der Waals surface area contributed by atoms with E-state index in [-0.39, 0.29) is 5.60 Å². The molecule has 1 aromatic rings. The maximum atomic E-state index is 5.69. The van der Waals surface area contributed by atoms with E-state index < -0.39 is 0 Å². The molecule has 0 bridgehead atoms. The van der Waals surface area contributed by atoms with Crippen LogP contribution < -0.4 is 5.32 Å². The van der Waals surface area contributed by atoms with Crippen LogP contribution in [0.15, 0.2) is 30.3 Å². The Balaban J connectivity index is 2.03. The van der Waals surface area contributed by atoms with E-state index in [9.17, 15) is 0 Å². The molecule has 0 amide bonds. The van der Waals surface area contributed by atoms with Crippen LogP contribution in [0.4, 0.5) is 0 Å². The van der Waals surface area contributed by atoms with Crippen molar-refractivity contribution in [2.75, 3.05) is 19.7 Å². The third-order valence-corrected chi connectivity index (χ3v) is 2.95. The average molecular weight is 263 g/mol. The predicted molar refractivity (Wildman–Crippen MR) is 82.5 cm³/mol. The summed E-state index contributed by atoms with van der Waals surface area (Å²) in [7, 11) is 0. The molecule has 0 aliphatic rings. The van der Waals surface area contributed by atoms with E-state index >= 15 is 0 Å². The molecule has 0 radical (unpaired) electrons. The van der Waals surface area contributed by atoms with Crippen LogP contribution in [0, 0.1) is 5.92 Å². The average Bonchev–Trinajstić information content (AvgIpc) is 2.33. The summed E-state index contributed by atoms with van der Waals surface area (Å²) in [6, 6.07) is 10.7. The SMILES string of the molecule is CC(CNCCCOC(C)(C)C)Cc1ccccc1. The van der Waals surface area contributed by atoms with E-state index in [1.54, 1.807) is 0 Å². The topological polar surface area (TPSA) is 21.3 Å². The van der Waals surface area contributed by atoms with Gasteiger partial charge in [-0.3, -0.25) is 0 Å². The molecule has 0 aliphatic heterocycles.